The van der Waals surface area contributed by atoms with Gasteiger partial charge in [0.05, 0.1) is 0 Å². The molecule has 1 saturated heterocycles. The van der Waals surface area contributed by atoms with Gasteiger partial charge in [0, 0.05) is 42.6 Å². The molecule has 1 N–H and O–H groups in total. The standard InChI is InChI=1S/C20H24ClN3S/c1-15(2)16-3-7-18(8-4-16)22-20(25)24-13-11-23(12-14-24)19-9-5-17(21)6-10-19/h3-10,15H,11-14H2,1-2H3,(H,22,25). The summed E-state index contributed by atoms with van der Waals surface area (Å²) in [5.41, 5.74) is 3.61. The first-order valence-corrected chi connectivity index (χ1v) is 9.48. The highest BCUT2D eigenvalue weighted by Crippen LogP contribution is 2.20. The number of anilines is 2. The number of hydrogen-bond acceptors (Lipinski definition) is 2. The van der Waals surface area contributed by atoms with Crippen LogP contribution in [0.15, 0.2) is 48.5 Å². The molecule has 0 atom stereocenters. The van der Waals surface area contributed by atoms with E-state index < -0.39 is 0 Å². The molecule has 2 aromatic rings. The first-order valence-electron chi connectivity index (χ1n) is 8.69. The molecule has 1 aliphatic rings. The van der Waals surface area contributed by atoms with Gasteiger partial charge in [0.1, 0.15) is 0 Å². The normalized spacial score (nSPS) is 14.7. The molecule has 1 heterocycles. The highest BCUT2D eigenvalue weighted by atomic mass is 35.5. The molecule has 0 amide bonds. The maximum absolute atomic E-state index is 5.97. The fraction of sp³-hybridized carbons (Fsp3) is 0.350. The average Bonchev–Trinajstić information content (AvgIpc) is 2.63. The lowest BCUT2D eigenvalue weighted by atomic mass is 10.0. The summed E-state index contributed by atoms with van der Waals surface area (Å²) in [6, 6.07) is 16.6. The molecular weight excluding hydrogens is 350 g/mol. The van der Waals surface area contributed by atoms with Crippen LogP contribution < -0.4 is 10.2 Å². The molecule has 3 rings (SSSR count). The predicted molar refractivity (Wildman–Crippen MR) is 112 cm³/mol. The van der Waals surface area contributed by atoms with Gasteiger partial charge in [0.2, 0.25) is 0 Å². The van der Waals surface area contributed by atoms with Crippen molar-refractivity contribution in [3.8, 4) is 0 Å². The van der Waals surface area contributed by atoms with E-state index in [2.05, 4.69) is 65.4 Å². The summed E-state index contributed by atoms with van der Waals surface area (Å²) in [6.45, 7) is 8.14. The van der Waals surface area contributed by atoms with Crippen molar-refractivity contribution < 1.29 is 0 Å². The van der Waals surface area contributed by atoms with Gasteiger partial charge in [0.25, 0.3) is 0 Å². The Morgan fingerprint density at radius 1 is 0.960 bits per heavy atom. The third kappa shape index (κ3) is 4.65. The Bertz CT molecular complexity index is 705. The highest BCUT2D eigenvalue weighted by molar-refractivity contribution is 7.80. The van der Waals surface area contributed by atoms with E-state index >= 15 is 0 Å². The average molecular weight is 374 g/mol. The highest BCUT2D eigenvalue weighted by Gasteiger charge is 2.19. The maximum atomic E-state index is 5.97. The first kappa shape index (κ1) is 18.0. The fourth-order valence-electron chi connectivity index (χ4n) is 2.97. The van der Waals surface area contributed by atoms with E-state index in [-0.39, 0.29) is 0 Å². The quantitative estimate of drug-likeness (QED) is 0.764. The van der Waals surface area contributed by atoms with Crippen LogP contribution in [0.1, 0.15) is 25.3 Å². The second-order valence-electron chi connectivity index (χ2n) is 6.66. The minimum absolute atomic E-state index is 0.543. The fourth-order valence-corrected chi connectivity index (χ4v) is 3.40. The van der Waals surface area contributed by atoms with Crippen LogP contribution in [0.2, 0.25) is 5.02 Å². The van der Waals surface area contributed by atoms with Gasteiger partial charge >= 0.3 is 0 Å². The molecule has 25 heavy (non-hydrogen) atoms. The molecule has 132 valence electrons. The van der Waals surface area contributed by atoms with Crippen molar-refractivity contribution in [1.82, 2.24) is 4.90 Å². The molecule has 0 bridgehead atoms. The Morgan fingerprint density at radius 3 is 2.12 bits per heavy atom. The lowest BCUT2D eigenvalue weighted by molar-refractivity contribution is 0.391. The van der Waals surface area contributed by atoms with E-state index in [9.17, 15) is 0 Å². The summed E-state index contributed by atoms with van der Waals surface area (Å²) in [6.07, 6.45) is 0. The number of hydrogen-bond donors (Lipinski definition) is 1. The van der Waals surface area contributed by atoms with Crippen LogP contribution in [-0.2, 0) is 0 Å². The van der Waals surface area contributed by atoms with Crippen molar-refractivity contribution in [2.45, 2.75) is 19.8 Å². The number of nitrogens with one attached hydrogen (secondary N) is 1. The summed E-state index contributed by atoms with van der Waals surface area (Å²) >= 11 is 11.6. The van der Waals surface area contributed by atoms with Crippen LogP contribution in [0.4, 0.5) is 11.4 Å². The lowest BCUT2D eigenvalue weighted by Crippen LogP contribution is -2.50. The largest absolute Gasteiger partial charge is 0.368 e. The Labute approximate surface area is 160 Å². The van der Waals surface area contributed by atoms with Crippen molar-refractivity contribution >= 4 is 40.3 Å². The lowest BCUT2D eigenvalue weighted by Gasteiger charge is -2.37. The molecule has 0 radical (unpaired) electrons. The van der Waals surface area contributed by atoms with Gasteiger partial charge < -0.3 is 15.1 Å². The molecule has 0 aromatic heterocycles. The van der Waals surface area contributed by atoms with Crippen molar-refractivity contribution in [2.75, 3.05) is 36.4 Å². The first-order chi connectivity index (χ1) is 12.0. The topological polar surface area (TPSA) is 18.5 Å². The van der Waals surface area contributed by atoms with Crippen molar-refractivity contribution in [1.29, 1.82) is 0 Å². The molecule has 2 aromatic carbocycles. The zero-order chi connectivity index (χ0) is 17.8. The van der Waals surface area contributed by atoms with Crippen LogP contribution in [-0.4, -0.2) is 36.2 Å². The Kier molecular flexibility index (Phi) is 5.82. The number of piperazine rings is 1. The van der Waals surface area contributed by atoms with E-state index in [1.54, 1.807) is 0 Å². The van der Waals surface area contributed by atoms with Gasteiger partial charge in [0.15, 0.2) is 5.11 Å². The van der Waals surface area contributed by atoms with Crippen LogP contribution >= 0.6 is 23.8 Å². The Hall–Kier alpha value is -1.78. The predicted octanol–water partition coefficient (Wildman–Crippen LogP) is 4.98. The van der Waals surface area contributed by atoms with E-state index in [1.165, 1.54) is 11.3 Å². The van der Waals surface area contributed by atoms with Gasteiger partial charge in [-0.1, -0.05) is 37.6 Å². The molecule has 0 saturated carbocycles. The monoisotopic (exact) mass is 373 g/mol. The number of thiocarbonyl (C=S) groups is 1. The molecule has 1 fully saturated rings. The minimum atomic E-state index is 0.543. The smallest absolute Gasteiger partial charge is 0.173 e. The number of benzene rings is 2. The van der Waals surface area contributed by atoms with E-state index in [1.807, 2.05) is 12.1 Å². The van der Waals surface area contributed by atoms with Gasteiger partial charge in [-0.05, 0) is 60.1 Å². The van der Waals surface area contributed by atoms with E-state index in [0.29, 0.717) is 5.92 Å². The number of halogens is 1. The minimum Gasteiger partial charge on any atom is -0.368 e. The summed E-state index contributed by atoms with van der Waals surface area (Å²) in [7, 11) is 0. The number of rotatable bonds is 3. The Morgan fingerprint density at radius 2 is 1.56 bits per heavy atom. The van der Waals surface area contributed by atoms with Crippen molar-refractivity contribution in [3.05, 3.63) is 59.1 Å². The zero-order valence-electron chi connectivity index (χ0n) is 14.7. The zero-order valence-corrected chi connectivity index (χ0v) is 16.3. The SMILES string of the molecule is CC(C)c1ccc(NC(=S)N2CCN(c3ccc(Cl)cc3)CC2)cc1. The third-order valence-corrected chi connectivity index (χ3v) is 5.20. The summed E-state index contributed by atoms with van der Waals surface area (Å²) in [4.78, 5) is 4.60. The van der Waals surface area contributed by atoms with Gasteiger partial charge in [-0.2, -0.15) is 0 Å². The second-order valence-corrected chi connectivity index (χ2v) is 7.48. The van der Waals surface area contributed by atoms with Gasteiger partial charge in [-0.3, -0.25) is 0 Å². The summed E-state index contributed by atoms with van der Waals surface area (Å²) in [5, 5.41) is 4.93. The molecule has 0 unspecified atom stereocenters. The van der Waals surface area contributed by atoms with Gasteiger partial charge in [-0.15, -0.1) is 0 Å². The number of nitrogens with zero attached hydrogens (tertiary/aromatic N) is 2. The van der Waals surface area contributed by atoms with Crippen LogP contribution in [0.25, 0.3) is 0 Å². The molecule has 1 aliphatic heterocycles. The molecule has 0 spiro atoms. The summed E-state index contributed by atoms with van der Waals surface area (Å²) < 4.78 is 0. The van der Waals surface area contributed by atoms with Gasteiger partial charge in [-0.25, -0.2) is 0 Å². The maximum Gasteiger partial charge on any atom is 0.173 e. The van der Waals surface area contributed by atoms with E-state index in [0.717, 1.165) is 42.0 Å². The van der Waals surface area contributed by atoms with Crippen LogP contribution in [0, 0.1) is 0 Å². The third-order valence-electron chi connectivity index (χ3n) is 4.59. The van der Waals surface area contributed by atoms with Crippen molar-refractivity contribution in [2.24, 2.45) is 0 Å². The molecular formula is C20H24ClN3S. The van der Waals surface area contributed by atoms with Crippen LogP contribution in [0.5, 0.6) is 0 Å². The molecule has 5 heteroatoms. The second kappa shape index (κ2) is 8.07. The van der Waals surface area contributed by atoms with E-state index in [4.69, 9.17) is 23.8 Å². The Balaban J connectivity index is 1.53. The van der Waals surface area contributed by atoms with Crippen LogP contribution in [0.3, 0.4) is 0 Å². The molecule has 3 nitrogen and oxygen atoms in total. The summed E-state index contributed by atoms with van der Waals surface area (Å²) in [5.74, 6) is 0.543. The molecule has 0 aliphatic carbocycles. The van der Waals surface area contributed by atoms with Crippen molar-refractivity contribution in [3.63, 3.8) is 0 Å².